The van der Waals surface area contributed by atoms with Gasteiger partial charge in [0, 0.05) is 12.8 Å². The first-order valence-corrected chi connectivity index (χ1v) is 8.33. The van der Waals surface area contributed by atoms with E-state index >= 15 is 0 Å². The summed E-state index contributed by atoms with van der Waals surface area (Å²) in [4.78, 5) is 12.7. The molecule has 0 aliphatic heterocycles. The number of hydrogen-bond donors (Lipinski definition) is 1. The summed E-state index contributed by atoms with van der Waals surface area (Å²) in [5.41, 5.74) is 0.934. The van der Waals surface area contributed by atoms with Gasteiger partial charge in [0.1, 0.15) is 11.4 Å². The van der Waals surface area contributed by atoms with E-state index < -0.39 is 5.41 Å². The van der Waals surface area contributed by atoms with E-state index in [1.54, 1.807) is 19.2 Å². The van der Waals surface area contributed by atoms with Gasteiger partial charge in [0.05, 0.1) is 18.6 Å². The number of hydrogen-bond acceptors (Lipinski definition) is 5. The molecule has 0 bridgehead atoms. The number of rotatable bonds is 5. The van der Waals surface area contributed by atoms with Crippen LogP contribution < -0.4 is 10.1 Å². The average molecular weight is 346 g/mol. The Bertz CT molecular complexity index is 900. The first-order valence-electron chi connectivity index (χ1n) is 8.33. The highest BCUT2D eigenvalue weighted by atomic mass is 16.5. The van der Waals surface area contributed by atoms with Crippen molar-refractivity contribution in [1.29, 1.82) is 5.26 Å². The highest BCUT2D eigenvalue weighted by Gasteiger charge is 2.51. The Morgan fingerprint density at radius 1 is 1.27 bits per heavy atom. The summed E-state index contributed by atoms with van der Waals surface area (Å²) in [6.07, 6.45) is 2.48. The molecule has 2 aromatic rings. The second-order valence-corrected chi connectivity index (χ2v) is 6.03. The zero-order chi connectivity index (χ0) is 18.4. The van der Waals surface area contributed by atoms with Crippen LogP contribution in [0.1, 0.15) is 36.9 Å². The molecular weight excluding hydrogens is 328 g/mol. The summed E-state index contributed by atoms with van der Waals surface area (Å²) < 4.78 is 5.25. The number of aromatic nitrogens is 2. The number of nitriles is 1. The zero-order valence-electron chi connectivity index (χ0n) is 14.5. The molecule has 3 rings (SSSR count). The first-order chi connectivity index (χ1) is 12.7. The van der Waals surface area contributed by atoms with Crippen molar-refractivity contribution in [2.75, 3.05) is 12.4 Å². The Hall–Kier alpha value is -3.38. The lowest BCUT2D eigenvalue weighted by Crippen LogP contribution is -2.28. The summed E-state index contributed by atoms with van der Waals surface area (Å²) in [6.45, 7) is 0. The van der Waals surface area contributed by atoms with Crippen molar-refractivity contribution in [3.63, 3.8) is 0 Å². The normalized spacial score (nSPS) is 13.7. The van der Waals surface area contributed by atoms with Gasteiger partial charge < -0.3 is 10.1 Å². The van der Waals surface area contributed by atoms with Crippen LogP contribution in [0, 0.1) is 23.2 Å². The van der Waals surface area contributed by atoms with Crippen LogP contribution in [0.2, 0.25) is 0 Å². The third-order valence-corrected chi connectivity index (χ3v) is 4.29. The molecule has 6 heteroatoms. The molecule has 0 saturated heterocycles. The van der Waals surface area contributed by atoms with E-state index in [0.29, 0.717) is 24.4 Å². The maximum absolute atomic E-state index is 12.7. The number of nitrogens with one attached hydrogen (secondary N) is 1. The van der Waals surface area contributed by atoms with Crippen LogP contribution >= 0.6 is 0 Å². The summed E-state index contributed by atoms with van der Waals surface area (Å²) >= 11 is 0. The van der Waals surface area contributed by atoms with Gasteiger partial charge in [-0.1, -0.05) is 18.1 Å². The Morgan fingerprint density at radius 3 is 2.77 bits per heavy atom. The molecule has 0 radical (unpaired) electrons. The molecule has 0 spiro atoms. The molecule has 1 aliphatic rings. The lowest BCUT2D eigenvalue weighted by Gasteiger charge is -2.16. The molecule has 1 N–H and O–H groups in total. The fourth-order valence-corrected chi connectivity index (χ4v) is 2.67. The SMILES string of the molecule is COc1cccc(C2(C(=O)Nc3ccc(C#CCCC#N)nn3)CC2)c1. The van der Waals surface area contributed by atoms with Gasteiger partial charge in [-0.2, -0.15) is 5.26 Å². The van der Waals surface area contributed by atoms with Crippen LogP contribution in [0.4, 0.5) is 5.82 Å². The quantitative estimate of drug-likeness (QED) is 0.664. The van der Waals surface area contributed by atoms with Crippen molar-refractivity contribution in [3.05, 3.63) is 47.7 Å². The van der Waals surface area contributed by atoms with E-state index in [2.05, 4.69) is 27.4 Å². The molecule has 1 aliphatic carbocycles. The third-order valence-electron chi connectivity index (χ3n) is 4.29. The molecule has 1 amide bonds. The average Bonchev–Trinajstić information content (AvgIpc) is 3.49. The van der Waals surface area contributed by atoms with Gasteiger partial charge in [0.25, 0.3) is 0 Å². The van der Waals surface area contributed by atoms with Crippen LogP contribution in [0.15, 0.2) is 36.4 Å². The first kappa shape index (κ1) is 17.4. The third kappa shape index (κ3) is 3.81. The van der Waals surface area contributed by atoms with Gasteiger partial charge >= 0.3 is 0 Å². The van der Waals surface area contributed by atoms with Gasteiger partial charge in [-0.25, -0.2) is 0 Å². The van der Waals surface area contributed by atoms with Crippen LogP contribution in [0.5, 0.6) is 5.75 Å². The molecule has 1 fully saturated rings. The topological polar surface area (TPSA) is 87.9 Å². The lowest BCUT2D eigenvalue weighted by atomic mass is 9.95. The molecule has 130 valence electrons. The number of nitrogens with zero attached hydrogens (tertiary/aromatic N) is 3. The van der Waals surface area contributed by atoms with Crippen molar-refractivity contribution in [2.24, 2.45) is 0 Å². The van der Waals surface area contributed by atoms with Crippen molar-refractivity contribution in [3.8, 4) is 23.7 Å². The zero-order valence-corrected chi connectivity index (χ0v) is 14.5. The van der Waals surface area contributed by atoms with Crippen molar-refractivity contribution in [2.45, 2.75) is 31.1 Å². The standard InChI is InChI=1S/C20H18N4O2/c1-26-17-8-5-6-15(14-17)20(11-12-20)19(25)22-18-10-9-16(23-24-18)7-3-2-4-13-21/h5-6,8-10,14H,2,4,11-12H2,1H3,(H,22,24,25). The van der Waals surface area contributed by atoms with Crippen LogP contribution in [0.3, 0.4) is 0 Å². The van der Waals surface area contributed by atoms with Crippen molar-refractivity contribution >= 4 is 11.7 Å². The number of amides is 1. The maximum Gasteiger partial charge on any atom is 0.236 e. The Labute approximate surface area is 152 Å². The number of benzene rings is 1. The number of unbranched alkanes of at least 4 members (excludes halogenated alkanes) is 1. The van der Waals surface area contributed by atoms with E-state index in [4.69, 9.17) is 10.00 Å². The molecule has 6 nitrogen and oxygen atoms in total. The van der Waals surface area contributed by atoms with Gasteiger partial charge in [-0.15, -0.1) is 10.2 Å². The molecule has 26 heavy (non-hydrogen) atoms. The summed E-state index contributed by atoms with van der Waals surface area (Å²) in [7, 11) is 1.61. The molecule has 1 saturated carbocycles. The fraction of sp³-hybridized carbons (Fsp3) is 0.300. The number of anilines is 1. The number of carbonyl (C=O) groups excluding carboxylic acids is 1. The smallest absolute Gasteiger partial charge is 0.236 e. The highest BCUT2D eigenvalue weighted by molar-refractivity contribution is 6.00. The predicted octanol–water partition coefficient (Wildman–Crippen LogP) is 2.81. The second kappa shape index (κ2) is 7.67. The summed E-state index contributed by atoms with van der Waals surface area (Å²) in [6, 6.07) is 13.0. The lowest BCUT2D eigenvalue weighted by molar-refractivity contribution is -0.118. The molecule has 1 aromatic carbocycles. The van der Waals surface area contributed by atoms with E-state index in [0.717, 1.165) is 24.2 Å². The second-order valence-electron chi connectivity index (χ2n) is 6.03. The minimum absolute atomic E-state index is 0.0899. The van der Waals surface area contributed by atoms with Crippen molar-refractivity contribution < 1.29 is 9.53 Å². The Balaban J connectivity index is 1.68. The van der Waals surface area contributed by atoms with Gasteiger partial charge in [-0.05, 0) is 48.6 Å². The van der Waals surface area contributed by atoms with E-state index in [1.165, 1.54) is 0 Å². The Kier molecular flexibility index (Phi) is 5.15. The number of ether oxygens (including phenoxy) is 1. The predicted molar refractivity (Wildman–Crippen MR) is 96.3 cm³/mol. The van der Waals surface area contributed by atoms with Gasteiger partial charge in [0.15, 0.2) is 5.82 Å². The highest BCUT2D eigenvalue weighted by Crippen LogP contribution is 2.49. The largest absolute Gasteiger partial charge is 0.497 e. The van der Waals surface area contributed by atoms with Crippen LogP contribution in [0.25, 0.3) is 0 Å². The van der Waals surface area contributed by atoms with Gasteiger partial charge in [-0.3, -0.25) is 4.79 Å². The molecule has 1 aromatic heterocycles. The maximum atomic E-state index is 12.7. The van der Waals surface area contributed by atoms with Crippen LogP contribution in [-0.2, 0) is 10.2 Å². The van der Waals surface area contributed by atoms with Crippen molar-refractivity contribution in [1.82, 2.24) is 10.2 Å². The number of carbonyl (C=O) groups is 1. The molecule has 1 heterocycles. The number of methoxy groups -OCH3 is 1. The van der Waals surface area contributed by atoms with Crippen LogP contribution in [-0.4, -0.2) is 23.2 Å². The van der Waals surface area contributed by atoms with E-state index in [9.17, 15) is 4.79 Å². The molecule has 0 atom stereocenters. The monoisotopic (exact) mass is 346 g/mol. The minimum atomic E-state index is -0.522. The summed E-state index contributed by atoms with van der Waals surface area (Å²) in [5, 5.41) is 19.3. The minimum Gasteiger partial charge on any atom is -0.497 e. The summed E-state index contributed by atoms with van der Waals surface area (Å²) in [5.74, 6) is 6.74. The Morgan fingerprint density at radius 2 is 2.12 bits per heavy atom. The fourth-order valence-electron chi connectivity index (χ4n) is 2.67. The van der Waals surface area contributed by atoms with E-state index in [-0.39, 0.29) is 5.91 Å². The molecular formula is C20H18N4O2. The van der Waals surface area contributed by atoms with E-state index in [1.807, 2.05) is 30.3 Å². The van der Waals surface area contributed by atoms with Gasteiger partial charge in [0.2, 0.25) is 5.91 Å². The molecule has 0 unspecified atom stereocenters.